The largest absolute Gasteiger partial charge is 0.390 e. The van der Waals surface area contributed by atoms with Gasteiger partial charge in [0.15, 0.2) is 5.01 Å². The number of aliphatic hydroxyl groups is 1. The summed E-state index contributed by atoms with van der Waals surface area (Å²) in [6, 6.07) is 10.2. The highest BCUT2D eigenvalue weighted by Crippen LogP contribution is 2.32. The molecule has 2 aromatic heterocycles. The van der Waals surface area contributed by atoms with Crippen molar-refractivity contribution in [2.24, 2.45) is 0 Å². The number of carbonyl (C=O) groups is 1. The average Bonchev–Trinajstić information content (AvgIpc) is 3.27. The van der Waals surface area contributed by atoms with Crippen molar-refractivity contribution in [1.82, 2.24) is 25.3 Å². The van der Waals surface area contributed by atoms with E-state index in [1.165, 1.54) is 11.3 Å². The van der Waals surface area contributed by atoms with Crippen molar-refractivity contribution in [3.8, 4) is 10.4 Å². The summed E-state index contributed by atoms with van der Waals surface area (Å²) in [6.07, 6.45) is 5.09. The summed E-state index contributed by atoms with van der Waals surface area (Å²) in [4.78, 5) is 17.6. The molecular weight excluding hydrogens is 338 g/mol. The molecule has 0 aliphatic heterocycles. The summed E-state index contributed by atoms with van der Waals surface area (Å²) in [5, 5.41) is 20.4. The third-order valence-electron chi connectivity index (χ3n) is 4.30. The first-order chi connectivity index (χ1) is 12.2. The van der Waals surface area contributed by atoms with Gasteiger partial charge in [-0.1, -0.05) is 35.5 Å². The third kappa shape index (κ3) is 3.31. The van der Waals surface area contributed by atoms with Gasteiger partial charge < -0.3 is 10.4 Å². The predicted molar refractivity (Wildman–Crippen MR) is 93.0 cm³/mol. The molecule has 0 spiro atoms. The van der Waals surface area contributed by atoms with Gasteiger partial charge in [0, 0.05) is 12.2 Å². The zero-order chi connectivity index (χ0) is 17.2. The molecule has 8 heteroatoms. The third-order valence-corrected chi connectivity index (χ3v) is 5.35. The molecular formula is C17H17N5O2S. The lowest BCUT2D eigenvalue weighted by Crippen LogP contribution is -2.45. The van der Waals surface area contributed by atoms with Gasteiger partial charge in [0.2, 0.25) is 0 Å². The van der Waals surface area contributed by atoms with Gasteiger partial charge in [-0.15, -0.1) is 16.4 Å². The molecule has 1 saturated carbocycles. The summed E-state index contributed by atoms with van der Waals surface area (Å²) in [5.41, 5.74) is 1.62. The monoisotopic (exact) mass is 355 g/mol. The van der Waals surface area contributed by atoms with Crippen LogP contribution in [0.25, 0.3) is 10.4 Å². The van der Waals surface area contributed by atoms with Gasteiger partial charge in [0.25, 0.3) is 5.91 Å². The van der Waals surface area contributed by atoms with E-state index in [0.29, 0.717) is 10.7 Å². The summed E-state index contributed by atoms with van der Waals surface area (Å²) in [6.45, 7) is -0.110. The lowest BCUT2D eigenvalue weighted by Gasteiger charge is -2.35. The van der Waals surface area contributed by atoms with E-state index in [2.05, 4.69) is 20.6 Å². The van der Waals surface area contributed by atoms with Crippen molar-refractivity contribution in [1.29, 1.82) is 0 Å². The van der Waals surface area contributed by atoms with E-state index in [1.54, 1.807) is 17.1 Å². The van der Waals surface area contributed by atoms with Crippen LogP contribution in [-0.2, 0) is 6.61 Å². The fourth-order valence-corrected chi connectivity index (χ4v) is 3.67. The van der Waals surface area contributed by atoms with E-state index in [4.69, 9.17) is 5.11 Å². The van der Waals surface area contributed by atoms with E-state index in [1.807, 2.05) is 30.3 Å². The molecule has 128 valence electrons. The highest BCUT2D eigenvalue weighted by Gasteiger charge is 2.33. The molecule has 25 heavy (non-hydrogen) atoms. The maximum absolute atomic E-state index is 12.4. The molecule has 0 saturated heterocycles. The van der Waals surface area contributed by atoms with Crippen LogP contribution in [0, 0.1) is 0 Å². The summed E-state index contributed by atoms with van der Waals surface area (Å²) >= 11 is 1.40. The number of amides is 1. The smallest absolute Gasteiger partial charge is 0.280 e. The number of nitrogens with zero attached hydrogens (tertiary/aromatic N) is 4. The van der Waals surface area contributed by atoms with Crippen molar-refractivity contribution in [2.75, 3.05) is 0 Å². The first-order valence-electron chi connectivity index (χ1n) is 8.06. The fraction of sp³-hybridized carbons (Fsp3) is 0.294. The molecule has 4 rings (SSSR count). The van der Waals surface area contributed by atoms with E-state index >= 15 is 0 Å². The normalized spacial score (nSPS) is 19.4. The number of hydrogen-bond donors (Lipinski definition) is 2. The SMILES string of the molecule is O=C(N[C@H]1C[C@H](n2cc(CO)nn2)C1)c1ncc(-c2ccccc2)s1. The van der Waals surface area contributed by atoms with Crippen LogP contribution >= 0.6 is 11.3 Å². The number of thiazole rings is 1. The van der Waals surface area contributed by atoms with Crippen molar-refractivity contribution >= 4 is 17.2 Å². The molecule has 2 heterocycles. The van der Waals surface area contributed by atoms with Crippen LogP contribution in [0.15, 0.2) is 42.7 Å². The minimum absolute atomic E-state index is 0.110. The zero-order valence-corrected chi connectivity index (χ0v) is 14.2. The Labute approximate surface area is 148 Å². The Morgan fingerprint density at radius 1 is 1.32 bits per heavy atom. The number of rotatable bonds is 5. The number of aromatic nitrogens is 4. The van der Waals surface area contributed by atoms with E-state index in [9.17, 15) is 4.79 Å². The topological polar surface area (TPSA) is 92.9 Å². The van der Waals surface area contributed by atoms with Crippen molar-refractivity contribution in [2.45, 2.75) is 31.5 Å². The highest BCUT2D eigenvalue weighted by atomic mass is 32.1. The first-order valence-corrected chi connectivity index (χ1v) is 8.88. The molecule has 1 amide bonds. The van der Waals surface area contributed by atoms with E-state index in [-0.39, 0.29) is 24.6 Å². The molecule has 1 aliphatic rings. The molecule has 1 fully saturated rings. The van der Waals surface area contributed by atoms with Crippen molar-refractivity contribution in [3.63, 3.8) is 0 Å². The van der Waals surface area contributed by atoms with Gasteiger partial charge in [-0.3, -0.25) is 4.79 Å². The number of benzene rings is 1. The van der Waals surface area contributed by atoms with Crippen LogP contribution in [0.5, 0.6) is 0 Å². The Morgan fingerprint density at radius 2 is 2.12 bits per heavy atom. The molecule has 0 bridgehead atoms. The molecule has 7 nitrogen and oxygen atoms in total. The van der Waals surface area contributed by atoms with Crippen molar-refractivity contribution in [3.05, 3.63) is 53.4 Å². The molecule has 0 atom stereocenters. The second-order valence-corrected chi connectivity index (χ2v) is 7.07. The molecule has 1 aliphatic carbocycles. The van der Waals surface area contributed by atoms with Gasteiger partial charge in [-0.25, -0.2) is 9.67 Å². The first kappa shape index (κ1) is 15.9. The Morgan fingerprint density at radius 3 is 2.84 bits per heavy atom. The second kappa shape index (κ2) is 6.73. The Bertz CT molecular complexity index is 870. The minimum atomic E-state index is -0.134. The molecule has 0 unspecified atom stereocenters. The lowest BCUT2D eigenvalue weighted by molar-refractivity contribution is 0.0887. The van der Waals surface area contributed by atoms with Crippen molar-refractivity contribution < 1.29 is 9.90 Å². The number of aliphatic hydroxyl groups excluding tert-OH is 1. The maximum Gasteiger partial charge on any atom is 0.280 e. The Kier molecular flexibility index (Phi) is 4.29. The molecule has 3 aromatic rings. The van der Waals surface area contributed by atoms with Crippen LogP contribution < -0.4 is 5.32 Å². The second-order valence-electron chi connectivity index (χ2n) is 6.04. The lowest BCUT2D eigenvalue weighted by atomic mass is 9.87. The minimum Gasteiger partial charge on any atom is -0.390 e. The Balaban J connectivity index is 1.34. The standard InChI is InChI=1S/C17H17N5O2S/c23-10-13-9-22(21-20-13)14-6-12(7-14)19-16(24)17-18-8-15(25-17)11-4-2-1-3-5-11/h1-5,8-9,12,14,23H,6-7,10H2,(H,19,24)/t12-,14-. The quantitative estimate of drug-likeness (QED) is 0.730. The van der Waals surface area contributed by atoms with Gasteiger partial charge in [-0.2, -0.15) is 0 Å². The molecule has 1 aromatic carbocycles. The van der Waals surface area contributed by atoms with Crippen LogP contribution in [0.3, 0.4) is 0 Å². The van der Waals surface area contributed by atoms with Crippen LogP contribution in [0.4, 0.5) is 0 Å². The average molecular weight is 355 g/mol. The van der Waals surface area contributed by atoms with Gasteiger partial charge in [0.1, 0.15) is 5.69 Å². The highest BCUT2D eigenvalue weighted by molar-refractivity contribution is 7.16. The van der Waals surface area contributed by atoms with E-state index < -0.39 is 0 Å². The summed E-state index contributed by atoms with van der Waals surface area (Å²) < 4.78 is 1.76. The number of carbonyl (C=O) groups excluding carboxylic acids is 1. The number of hydrogen-bond acceptors (Lipinski definition) is 6. The van der Waals surface area contributed by atoms with Gasteiger partial charge >= 0.3 is 0 Å². The van der Waals surface area contributed by atoms with Gasteiger partial charge in [0.05, 0.1) is 23.7 Å². The summed E-state index contributed by atoms with van der Waals surface area (Å²) in [7, 11) is 0. The van der Waals surface area contributed by atoms with Gasteiger partial charge in [-0.05, 0) is 18.4 Å². The fourth-order valence-electron chi connectivity index (χ4n) is 2.85. The number of nitrogens with one attached hydrogen (secondary N) is 1. The molecule has 0 radical (unpaired) electrons. The maximum atomic E-state index is 12.4. The van der Waals surface area contributed by atoms with Crippen LogP contribution in [0.1, 0.15) is 34.4 Å². The van der Waals surface area contributed by atoms with Crippen LogP contribution in [0.2, 0.25) is 0 Å². The summed E-state index contributed by atoms with van der Waals surface area (Å²) in [5.74, 6) is -0.134. The predicted octanol–water partition coefficient (Wildman–Crippen LogP) is 2.03. The Hall–Kier alpha value is -2.58. The van der Waals surface area contributed by atoms with E-state index in [0.717, 1.165) is 23.3 Å². The van der Waals surface area contributed by atoms with Crippen LogP contribution in [-0.4, -0.2) is 37.0 Å². The molecule has 2 N–H and O–H groups in total. The zero-order valence-electron chi connectivity index (χ0n) is 13.4.